The smallest absolute Gasteiger partial charge is 0.311 e. The summed E-state index contributed by atoms with van der Waals surface area (Å²) in [5.74, 6) is -0.725. The zero-order valence-electron chi connectivity index (χ0n) is 10.4. The number of hydrogen-bond acceptors (Lipinski definition) is 4. The monoisotopic (exact) mass is 248 g/mol. The fraction of sp³-hybridized carbons (Fsp3) is 0.462. The van der Waals surface area contributed by atoms with Crippen LogP contribution in [0.1, 0.15) is 24.8 Å². The van der Waals surface area contributed by atoms with Crippen LogP contribution in [0, 0.1) is 6.42 Å². The van der Waals surface area contributed by atoms with E-state index < -0.39 is 11.9 Å². The molecule has 1 aromatic rings. The Balaban J connectivity index is 2.33. The molecule has 0 bridgehead atoms. The minimum atomic E-state index is -0.852. The van der Waals surface area contributed by atoms with Crippen molar-refractivity contribution in [3.05, 3.63) is 30.3 Å². The van der Waals surface area contributed by atoms with E-state index in [1.54, 1.807) is 25.6 Å². The van der Waals surface area contributed by atoms with Gasteiger partial charge in [0, 0.05) is 30.9 Å². The topological polar surface area (TPSA) is 79.5 Å². The SMILES string of the molecule is C[CH]C(C(=O)O)c1cccnc1N1CC[C@H](N)C1. The predicted octanol–water partition coefficient (Wildman–Crippen LogP) is 1.01. The number of aliphatic carboxylic acids is 1. The molecule has 1 saturated heterocycles. The molecule has 18 heavy (non-hydrogen) atoms. The van der Waals surface area contributed by atoms with E-state index in [2.05, 4.69) is 9.88 Å². The standard InChI is InChI=1S/C13H18N3O2/c1-2-10(13(17)18)11-4-3-6-15-12(11)16-7-5-9(14)8-16/h2-4,6,9-10H,5,7-8,14H2,1H3,(H,17,18)/t9-,10?/m0/s1. The van der Waals surface area contributed by atoms with Gasteiger partial charge in [0.25, 0.3) is 0 Å². The first-order valence-corrected chi connectivity index (χ1v) is 6.11. The van der Waals surface area contributed by atoms with Crippen molar-refractivity contribution in [2.45, 2.75) is 25.3 Å². The summed E-state index contributed by atoms with van der Waals surface area (Å²) in [6.45, 7) is 3.33. The molecule has 1 aliphatic rings. The summed E-state index contributed by atoms with van der Waals surface area (Å²) < 4.78 is 0. The molecule has 2 rings (SSSR count). The Morgan fingerprint density at radius 1 is 1.72 bits per heavy atom. The van der Waals surface area contributed by atoms with E-state index in [4.69, 9.17) is 5.73 Å². The number of hydrogen-bond donors (Lipinski definition) is 2. The number of nitrogens with two attached hydrogens (primary N) is 1. The first-order valence-electron chi connectivity index (χ1n) is 6.11. The van der Waals surface area contributed by atoms with Gasteiger partial charge in [0.1, 0.15) is 5.82 Å². The number of nitrogens with zero attached hydrogens (tertiary/aromatic N) is 2. The molecule has 0 spiro atoms. The van der Waals surface area contributed by atoms with E-state index in [-0.39, 0.29) is 6.04 Å². The summed E-state index contributed by atoms with van der Waals surface area (Å²) in [6, 6.07) is 3.74. The number of anilines is 1. The van der Waals surface area contributed by atoms with Crippen molar-refractivity contribution in [1.29, 1.82) is 0 Å². The third kappa shape index (κ3) is 2.46. The van der Waals surface area contributed by atoms with Crippen molar-refractivity contribution >= 4 is 11.8 Å². The van der Waals surface area contributed by atoms with Crippen molar-refractivity contribution in [2.24, 2.45) is 5.73 Å². The summed E-state index contributed by atoms with van der Waals surface area (Å²) in [4.78, 5) is 17.7. The summed E-state index contributed by atoms with van der Waals surface area (Å²) in [5.41, 5.74) is 6.62. The van der Waals surface area contributed by atoms with E-state index in [1.807, 2.05) is 6.07 Å². The molecule has 0 aromatic carbocycles. The zero-order chi connectivity index (χ0) is 13.1. The Bertz CT molecular complexity index is 436. The predicted molar refractivity (Wildman–Crippen MR) is 69.4 cm³/mol. The zero-order valence-corrected chi connectivity index (χ0v) is 10.4. The van der Waals surface area contributed by atoms with E-state index in [0.29, 0.717) is 0 Å². The minimum Gasteiger partial charge on any atom is -0.481 e. The van der Waals surface area contributed by atoms with Gasteiger partial charge in [-0.3, -0.25) is 4.79 Å². The molecular formula is C13H18N3O2. The molecule has 2 atom stereocenters. The van der Waals surface area contributed by atoms with Gasteiger partial charge in [0.15, 0.2) is 0 Å². The van der Waals surface area contributed by atoms with Gasteiger partial charge in [0.2, 0.25) is 0 Å². The van der Waals surface area contributed by atoms with Gasteiger partial charge in [-0.15, -0.1) is 0 Å². The van der Waals surface area contributed by atoms with Gasteiger partial charge < -0.3 is 15.7 Å². The minimum absolute atomic E-state index is 0.147. The summed E-state index contributed by atoms with van der Waals surface area (Å²) >= 11 is 0. The second-order valence-electron chi connectivity index (χ2n) is 4.56. The van der Waals surface area contributed by atoms with E-state index >= 15 is 0 Å². The van der Waals surface area contributed by atoms with Gasteiger partial charge in [-0.2, -0.15) is 0 Å². The molecule has 1 unspecified atom stereocenters. The lowest BCUT2D eigenvalue weighted by atomic mass is 9.97. The lowest BCUT2D eigenvalue weighted by molar-refractivity contribution is -0.137. The quantitative estimate of drug-likeness (QED) is 0.831. The Labute approximate surface area is 107 Å². The molecule has 1 aromatic heterocycles. The van der Waals surface area contributed by atoms with Crippen LogP contribution in [0.25, 0.3) is 0 Å². The molecule has 3 N–H and O–H groups in total. The van der Waals surface area contributed by atoms with Crippen LogP contribution in [0.2, 0.25) is 0 Å². The number of aromatic nitrogens is 1. The maximum absolute atomic E-state index is 11.3. The van der Waals surface area contributed by atoms with E-state index in [0.717, 1.165) is 30.9 Å². The first-order chi connectivity index (χ1) is 8.63. The first kappa shape index (κ1) is 12.8. The number of rotatable bonds is 4. The van der Waals surface area contributed by atoms with Crippen molar-refractivity contribution in [2.75, 3.05) is 18.0 Å². The molecular weight excluding hydrogens is 230 g/mol. The highest BCUT2D eigenvalue weighted by atomic mass is 16.4. The molecule has 5 heteroatoms. The van der Waals surface area contributed by atoms with E-state index in [9.17, 15) is 9.90 Å². The number of carboxylic acid groups (broad SMARTS) is 1. The number of carboxylic acids is 1. The molecule has 0 saturated carbocycles. The summed E-state index contributed by atoms with van der Waals surface area (Å²) in [6.07, 6.45) is 4.29. The molecule has 1 radical (unpaired) electrons. The Morgan fingerprint density at radius 2 is 2.50 bits per heavy atom. The van der Waals surface area contributed by atoms with Crippen molar-refractivity contribution in [3.8, 4) is 0 Å². The lowest BCUT2D eigenvalue weighted by Gasteiger charge is -2.22. The van der Waals surface area contributed by atoms with Crippen LogP contribution in [0.5, 0.6) is 0 Å². The normalized spacial score (nSPS) is 21.0. The Hall–Kier alpha value is -1.62. The van der Waals surface area contributed by atoms with Crippen molar-refractivity contribution < 1.29 is 9.90 Å². The average molecular weight is 248 g/mol. The molecule has 97 valence electrons. The maximum atomic E-state index is 11.3. The Morgan fingerprint density at radius 3 is 3.06 bits per heavy atom. The summed E-state index contributed by atoms with van der Waals surface area (Å²) in [5, 5.41) is 9.24. The fourth-order valence-electron chi connectivity index (χ4n) is 2.35. The highest BCUT2D eigenvalue weighted by Gasteiger charge is 2.27. The Kier molecular flexibility index (Phi) is 3.81. The second-order valence-corrected chi connectivity index (χ2v) is 4.56. The third-order valence-electron chi connectivity index (χ3n) is 3.28. The van der Waals surface area contributed by atoms with Crippen LogP contribution in [-0.4, -0.2) is 35.2 Å². The van der Waals surface area contributed by atoms with Gasteiger partial charge in [0.05, 0.1) is 5.92 Å². The second kappa shape index (κ2) is 5.35. The van der Waals surface area contributed by atoms with Crippen molar-refractivity contribution in [1.82, 2.24) is 4.98 Å². The van der Waals surface area contributed by atoms with Crippen LogP contribution in [0.15, 0.2) is 18.3 Å². The molecule has 5 nitrogen and oxygen atoms in total. The third-order valence-corrected chi connectivity index (χ3v) is 3.28. The van der Waals surface area contributed by atoms with Gasteiger partial charge in [-0.1, -0.05) is 13.0 Å². The van der Waals surface area contributed by atoms with Crippen LogP contribution in [-0.2, 0) is 4.79 Å². The van der Waals surface area contributed by atoms with Gasteiger partial charge in [-0.25, -0.2) is 4.98 Å². The molecule has 0 amide bonds. The molecule has 0 aliphatic carbocycles. The highest BCUT2D eigenvalue weighted by molar-refractivity contribution is 5.80. The lowest BCUT2D eigenvalue weighted by Crippen LogP contribution is -2.28. The molecule has 2 heterocycles. The average Bonchev–Trinajstić information content (AvgIpc) is 2.77. The molecule has 1 fully saturated rings. The molecule has 1 aliphatic heterocycles. The number of pyridine rings is 1. The van der Waals surface area contributed by atoms with Crippen molar-refractivity contribution in [3.63, 3.8) is 0 Å². The van der Waals surface area contributed by atoms with Crippen LogP contribution in [0.4, 0.5) is 5.82 Å². The van der Waals surface area contributed by atoms with Gasteiger partial charge >= 0.3 is 5.97 Å². The maximum Gasteiger partial charge on any atom is 0.311 e. The van der Waals surface area contributed by atoms with Gasteiger partial charge in [-0.05, 0) is 18.9 Å². The summed E-state index contributed by atoms with van der Waals surface area (Å²) in [7, 11) is 0. The van der Waals surface area contributed by atoms with Crippen LogP contribution in [0.3, 0.4) is 0 Å². The van der Waals surface area contributed by atoms with Crippen LogP contribution >= 0.6 is 0 Å². The van der Waals surface area contributed by atoms with E-state index in [1.165, 1.54) is 0 Å². The van der Waals surface area contributed by atoms with Crippen LogP contribution < -0.4 is 10.6 Å². The largest absolute Gasteiger partial charge is 0.481 e. The highest BCUT2D eigenvalue weighted by Crippen LogP contribution is 2.29. The fourth-order valence-corrected chi connectivity index (χ4v) is 2.35. The number of carbonyl (C=O) groups is 1.